The normalized spacial score (nSPS) is 11.5. The van der Waals surface area contributed by atoms with Gasteiger partial charge in [-0.05, 0) is 70.8 Å². The van der Waals surface area contributed by atoms with Crippen molar-refractivity contribution in [2.45, 2.75) is 0 Å². The van der Waals surface area contributed by atoms with Crippen molar-refractivity contribution in [1.82, 2.24) is 9.55 Å². The van der Waals surface area contributed by atoms with Gasteiger partial charge in [-0.15, -0.1) is 0 Å². The van der Waals surface area contributed by atoms with Gasteiger partial charge in [-0.3, -0.25) is 0 Å². The van der Waals surface area contributed by atoms with E-state index >= 15 is 0 Å². The number of fused-ring (bicyclic) bond motifs is 5. The molecule has 0 saturated carbocycles. The van der Waals surface area contributed by atoms with E-state index < -0.39 is 0 Å². The molecule has 0 radical (unpaired) electrons. The molecular formula is C43H28N2O. The van der Waals surface area contributed by atoms with E-state index in [1.807, 2.05) is 12.1 Å². The van der Waals surface area contributed by atoms with Crippen molar-refractivity contribution >= 4 is 32.8 Å². The third-order valence-corrected chi connectivity index (χ3v) is 8.88. The molecule has 3 heteroatoms. The minimum Gasteiger partial charge on any atom is -0.464 e. The minimum atomic E-state index is 0.920. The molecule has 0 atom stereocenters. The number of para-hydroxylation sites is 1. The third kappa shape index (κ3) is 4.41. The summed E-state index contributed by atoms with van der Waals surface area (Å²) in [6, 6.07) is 57.8. The van der Waals surface area contributed by atoms with Crippen LogP contribution in [0.25, 0.3) is 83.2 Å². The molecular weight excluding hydrogens is 560 g/mol. The molecule has 0 saturated heterocycles. The molecule has 0 spiro atoms. The van der Waals surface area contributed by atoms with E-state index in [-0.39, 0.29) is 0 Å². The highest BCUT2D eigenvalue weighted by Gasteiger charge is 2.17. The third-order valence-electron chi connectivity index (χ3n) is 8.88. The second-order valence-electron chi connectivity index (χ2n) is 11.6. The monoisotopic (exact) mass is 588 g/mol. The molecule has 0 aliphatic carbocycles. The Morgan fingerprint density at radius 3 is 1.85 bits per heavy atom. The van der Waals surface area contributed by atoms with E-state index in [1.54, 1.807) is 6.26 Å². The summed E-state index contributed by atoms with van der Waals surface area (Å²) in [4.78, 5) is 5.22. The van der Waals surface area contributed by atoms with Crippen LogP contribution >= 0.6 is 0 Å². The van der Waals surface area contributed by atoms with Crippen LogP contribution in [0.4, 0.5) is 0 Å². The molecule has 0 bridgehead atoms. The first-order valence-corrected chi connectivity index (χ1v) is 15.5. The van der Waals surface area contributed by atoms with Gasteiger partial charge in [-0.2, -0.15) is 0 Å². The van der Waals surface area contributed by atoms with E-state index in [9.17, 15) is 0 Å². The smallest absolute Gasteiger partial charge is 0.143 e. The van der Waals surface area contributed by atoms with Gasteiger partial charge in [-0.25, -0.2) is 4.98 Å². The Bertz CT molecular complexity index is 2510. The Labute approximate surface area is 266 Å². The Kier molecular flexibility index (Phi) is 6.14. The molecule has 0 unspecified atom stereocenters. The summed E-state index contributed by atoms with van der Waals surface area (Å²) in [6.45, 7) is 0. The van der Waals surface area contributed by atoms with Crippen LogP contribution in [0.3, 0.4) is 0 Å². The summed E-state index contributed by atoms with van der Waals surface area (Å²) < 4.78 is 8.33. The highest BCUT2D eigenvalue weighted by Crippen LogP contribution is 2.38. The number of nitrogens with zero attached hydrogens (tertiary/aromatic N) is 2. The number of furan rings is 1. The zero-order chi connectivity index (χ0) is 30.5. The van der Waals surface area contributed by atoms with Gasteiger partial charge in [0.05, 0.1) is 34.1 Å². The van der Waals surface area contributed by atoms with Gasteiger partial charge in [0, 0.05) is 27.6 Å². The van der Waals surface area contributed by atoms with Gasteiger partial charge in [-0.1, -0.05) is 115 Å². The second-order valence-corrected chi connectivity index (χ2v) is 11.6. The molecule has 0 N–H and O–H groups in total. The van der Waals surface area contributed by atoms with E-state index in [2.05, 4.69) is 156 Å². The lowest BCUT2D eigenvalue weighted by atomic mass is 9.97. The van der Waals surface area contributed by atoms with Crippen LogP contribution in [-0.2, 0) is 0 Å². The van der Waals surface area contributed by atoms with Gasteiger partial charge >= 0.3 is 0 Å². The first-order chi connectivity index (χ1) is 22.8. The molecule has 3 heterocycles. The van der Waals surface area contributed by atoms with Crippen molar-refractivity contribution in [1.29, 1.82) is 0 Å². The topological polar surface area (TPSA) is 31.0 Å². The van der Waals surface area contributed by atoms with Crippen molar-refractivity contribution in [3.05, 3.63) is 170 Å². The molecule has 9 rings (SSSR count). The van der Waals surface area contributed by atoms with E-state index in [4.69, 9.17) is 9.40 Å². The predicted molar refractivity (Wildman–Crippen MR) is 190 cm³/mol. The number of hydrogen-bond donors (Lipinski definition) is 0. The molecule has 9 aromatic rings. The molecule has 0 aliphatic rings. The first kappa shape index (κ1) is 26.2. The quantitative estimate of drug-likeness (QED) is 0.200. The zero-order valence-corrected chi connectivity index (χ0v) is 25.0. The molecule has 0 amide bonds. The summed E-state index contributed by atoms with van der Waals surface area (Å²) in [5, 5.41) is 3.42. The average molecular weight is 589 g/mol. The summed E-state index contributed by atoms with van der Waals surface area (Å²) in [7, 11) is 0. The highest BCUT2D eigenvalue weighted by molar-refractivity contribution is 6.19. The maximum atomic E-state index is 6.00. The van der Waals surface area contributed by atoms with Gasteiger partial charge < -0.3 is 8.98 Å². The fourth-order valence-electron chi connectivity index (χ4n) is 6.65. The van der Waals surface area contributed by atoms with E-state index in [1.165, 1.54) is 16.5 Å². The van der Waals surface area contributed by atoms with Gasteiger partial charge in [0.25, 0.3) is 0 Å². The molecule has 46 heavy (non-hydrogen) atoms. The maximum absolute atomic E-state index is 6.00. The fourth-order valence-corrected chi connectivity index (χ4v) is 6.65. The number of rotatable bonds is 5. The predicted octanol–water partition coefficient (Wildman–Crippen LogP) is 11.6. The molecule has 3 nitrogen and oxygen atoms in total. The first-order valence-electron chi connectivity index (χ1n) is 15.5. The van der Waals surface area contributed by atoms with Crippen molar-refractivity contribution in [3.8, 4) is 50.5 Å². The van der Waals surface area contributed by atoms with Crippen LogP contribution in [0.1, 0.15) is 0 Å². The molecule has 0 fully saturated rings. The van der Waals surface area contributed by atoms with E-state index in [0.29, 0.717) is 0 Å². The van der Waals surface area contributed by atoms with Gasteiger partial charge in [0.15, 0.2) is 0 Å². The zero-order valence-electron chi connectivity index (χ0n) is 25.0. The Morgan fingerprint density at radius 1 is 0.435 bits per heavy atom. The molecule has 216 valence electrons. The maximum Gasteiger partial charge on any atom is 0.143 e. The SMILES string of the molecule is c1ccc(-c2ccc(-c3cc(-c4ccccc4)nc(-c4cccc(-n5c6ccccc6c6c7occc7ccc65)c4)c3)cc2)cc1. The lowest BCUT2D eigenvalue weighted by Gasteiger charge is -2.13. The van der Waals surface area contributed by atoms with Crippen molar-refractivity contribution in [3.63, 3.8) is 0 Å². The van der Waals surface area contributed by atoms with Crippen LogP contribution in [0, 0.1) is 0 Å². The number of pyridine rings is 1. The van der Waals surface area contributed by atoms with Crippen LogP contribution in [0.5, 0.6) is 0 Å². The molecule has 0 aliphatic heterocycles. The van der Waals surface area contributed by atoms with Gasteiger partial charge in [0.2, 0.25) is 0 Å². The Balaban J connectivity index is 1.21. The standard InChI is InChI=1S/C43H28N2O/c1-3-10-29(11-4-1)30-18-20-31(21-19-30)35-27-38(32-12-5-2-6-13-32)44-39(28-35)34-14-9-15-36(26-34)45-40-17-8-7-16-37(40)42-41(45)23-22-33-24-25-46-43(33)42/h1-28H. The largest absolute Gasteiger partial charge is 0.464 e. The summed E-state index contributed by atoms with van der Waals surface area (Å²) in [6.07, 6.45) is 1.77. The van der Waals surface area contributed by atoms with Crippen LogP contribution in [-0.4, -0.2) is 9.55 Å². The van der Waals surface area contributed by atoms with Gasteiger partial charge in [0.1, 0.15) is 5.58 Å². The Morgan fingerprint density at radius 2 is 1.07 bits per heavy atom. The van der Waals surface area contributed by atoms with Crippen molar-refractivity contribution in [2.75, 3.05) is 0 Å². The van der Waals surface area contributed by atoms with Crippen molar-refractivity contribution < 1.29 is 4.42 Å². The number of hydrogen-bond acceptors (Lipinski definition) is 2. The summed E-state index contributed by atoms with van der Waals surface area (Å²) in [5.41, 5.74) is 13.0. The fraction of sp³-hybridized carbons (Fsp3) is 0. The second kappa shape index (κ2) is 10.8. The van der Waals surface area contributed by atoms with E-state index in [0.717, 1.165) is 66.7 Å². The van der Waals surface area contributed by atoms with Crippen LogP contribution in [0.2, 0.25) is 0 Å². The lowest BCUT2D eigenvalue weighted by Crippen LogP contribution is -1.96. The molecule has 6 aromatic carbocycles. The highest BCUT2D eigenvalue weighted by atomic mass is 16.3. The average Bonchev–Trinajstić information content (AvgIpc) is 3.75. The van der Waals surface area contributed by atoms with Crippen LogP contribution in [0.15, 0.2) is 174 Å². The summed E-state index contributed by atoms with van der Waals surface area (Å²) in [5.74, 6) is 0. The summed E-state index contributed by atoms with van der Waals surface area (Å²) >= 11 is 0. The number of benzene rings is 6. The number of aromatic nitrogens is 2. The lowest BCUT2D eigenvalue weighted by molar-refractivity contribution is 0.619. The van der Waals surface area contributed by atoms with Crippen molar-refractivity contribution in [2.24, 2.45) is 0 Å². The Hall–Kier alpha value is -6.19. The van der Waals surface area contributed by atoms with Crippen LogP contribution < -0.4 is 0 Å². The molecule has 3 aromatic heterocycles. The minimum absolute atomic E-state index is 0.920.